The monoisotopic (exact) mass is 237 g/mol. The van der Waals surface area contributed by atoms with Crippen LogP contribution in [0, 0.1) is 0 Å². The number of thioether (sulfide) groups is 1. The van der Waals surface area contributed by atoms with Gasteiger partial charge < -0.3 is 10.2 Å². The molecule has 2 rings (SSSR count). The van der Waals surface area contributed by atoms with Crippen LogP contribution in [0.3, 0.4) is 0 Å². The molecule has 0 aromatic carbocycles. The molecule has 1 aromatic heterocycles. The average molecular weight is 237 g/mol. The Morgan fingerprint density at radius 2 is 2.50 bits per heavy atom. The van der Waals surface area contributed by atoms with Crippen LogP contribution in [0.5, 0.6) is 0 Å². The number of hydrogen-bond acceptors (Lipinski definition) is 4. The summed E-state index contributed by atoms with van der Waals surface area (Å²) in [5, 5.41) is 3.87. The van der Waals surface area contributed by atoms with Gasteiger partial charge in [0.1, 0.15) is 5.82 Å². The number of aromatic nitrogens is 1. The predicted molar refractivity (Wildman–Crippen MR) is 72.5 cm³/mol. The van der Waals surface area contributed by atoms with Crippen molar-refractivity contribution in [2.75, 3.05) is 36.1 Å². The van der Waals surface area contributed by atoms with Gasteiger partial charge >= 0.3 is 0 Å². The zero-order valence-electron chi connectivity index (χ0n) is 9.94. The summed E-state index contributed by atoms with van der Waals surface area (Å²) in [5.74, 6) is 2.18. The maximum absolute atomic E-state index is 4.25. The Balaban J connectivity index is 2.10. The third-order valence-electron chi connectivity index (χ3n) is 2.96. The number of pyridine rings is 1. The maximum Gasteiger partial charge on any atom is 0.127 e. The standard InChI is InChI=1S/C12H19N3S/c1-3-11-9-15(6-7-16-11)10-4-5-14-12(8-10)13-2/h4-5,8,11H,3,6-7,9H2,1-2H3,(H,13,14). The van der Waals surface area contributed by atoms with Gasteiger partial charge in [-0.2, -0.15) is 11.8 Å². The number of anilines is 2. The van der Waals surface area contributed by atoms with E-state index in [1.165, 1.54) is 17.9 Å². The summed E-state index contributed by atoms with van der Waals surface area (Å²) >= 11 is 2.10. The van der Waals surface area contributed by atoms with Crippen LogP contribution in [-0.2, 0) is 0 Å². The van der Waals surface area contributed by atoms with Crippen LogP contribution in [0.1, 0.15) is 13.3 Å². The summed E-state index contributed by atoms with van der Waals surface area (Å²) in [7, 11) is 1.91. The van der Waals surface area contributed by atoms with Crippen LogP contribution >= 0.6 is 11.8 Å². The molecule has 0 spiro atoms. The zero-order chi connectivity index (χ0) is 11.4. The summed E-state index contributed by atoms with van der Waals surface area (Å²) < 4.78 is 0. The van der Waals surface area contributed by atoms with E-state index in [0.29, 0.717) is 0 Å². The topological polar surface area (TPSA) is 28.2 Å². The second-order valence-corrected chi connectivity index (χ2v) is 5.40. The summed E-state index contributed by atoms with van der Waals surface area (Å²) in [6.07, 6.45) is 3.13. The molecular formula is C12H19N3S. The minimum Gasteiger partial charge on any atom is -0.373 e. The second kappa shape index (κ2) is 5.43. The average Bonchev–Trinajstić information content (AvgIpc) is 2.39. The molecule has 1 aromatic rings. The molecule has 1 N–H and O–H groups in total. The van der Waals surface area contributed by atoms with Gasteiger partial charge in [0.15, 0.2) is 0 Å². The van der Waals surface area contributed by atoms with Gasteiger partial charge in [-0.3, -0.25) is 0 Å². The van der Waals surface area contributed by atoms with E-state index >= 15 is 0 Å². The van der Waals surface area contributed by atoms with Crippen LogP contribution in [0.15, 0.2) is 18.3 Å². The van der Waals surface area contributed by atoms with Gasteiger partial charge in [0.25, 0.3) is 0 Å². The summed E-state index contributed by atoms with van der Waals surface area (Å²) in [4.78, 5) is 6.71. The lowest BCUT2D eigenvalue weighted by atomic mass is 10.2. The Morgan fingerprint density at radius 1 is 1.62 bits per heavy atom. The van der Waals surface area contributed by atoms with Crippen LogP contribution in [0.25, 0.3) is 0 Å². The molecule has 1 atom stereocenters. The molecule has 1 unspecified atom stereocenters. The van der Waals surface area contributed by atoms with Crippen molar-refractivity contribution >= 4 is 23.3 Å². The minimum atomic E-state index is 0.778. The molecule has 0 aliphatic carbocycles. The van der Waals surface area contributed by atoms with Gasteiger partial charge in [-0.15, -0.1) is 0 Å². The molecule has 1 aliphatic rings. The summed E-state index contributed by atoms with van der Waals surface area (Å²) in [5.41, 5.74) is 1.29. The molecule has 0 amide bonds. The van der Waals surface area contributed by atoms with E-state index in [4.69, 9.17) is 0 Å². The summed E-state index contributed by atoms with van der Waals surface area (Å²) in [6.45, 7) is 4.58. The highest BCUT2D eigenvalue weighted by Gasteiger charge is 2.19. The minimum absolute atomic E-state index is 0.778. The van der Waals surface area contributed by atoms with E-state index in [0.717, 1.165) is 24.2 Å². The van der Waals surface area contributed by atoms with Gasteiger partial charge in [0, 0.05) is 49.1 Å². The van der Waals surface area contributed by atoms with Crippen LogP contribution in [0.4, 0.5) is 11.5 Å². The van der Waals surface area contributed by atoms with E-state index in [2.05, 4.69) is 46.0 Å². The van der Waals surface area contributed by atoms with Crippen LogP contribution in [-0.4, -0.2) is 36.1 Å². The normalized spacial score (nSPS) is 20.9. The van der Waals surface area contributed by atoms with Gasteiger partial charge in [-0.25, -0.2) is 4.98 Å². The molecule has 0 saturated carbocycles. The van der Waals surface area contributed by atoms with E-state index < -0.39 is 0 Å². The number of rotatable bonds is 3. The van der Waals surface area contributed by atoms with E-state index in [1.807, 2.05) is 13.2 Å². The third-order valence-corrected chi connectivity index (χ3v) is 4.33. The number of nitrogens with zero attached hydrogens (tertiary/aromatic N) is 2. The highest BCUT2D eigenvalue weighted by Crippen LogP contribution is 2.26. The fourth-order valence-corrected chi connectivity index (χ4v) is 3.13. The van der Waals surface area contributed by atoms with Crippen molar-refractivity contribution in [3.8, 4) is 0 Å². The molecule has 1 saturated heterocycles. The van der Waals surface area contributed by atoms with Crippen molar-refractivity contribution in [1.29, 1.82) is 0 Å². The molecule has 88 valence electrons. The Morgan fingerprint density at radius 3 is 3.25 bits per heavy atom. The first-order valence-corrected chi connectivity index (χ1v) is 6.88. The molecule has 3 nitrogen and oxygen atoms in total. The van der Waals surface area contributed by atoms with E-state index in [1.54, 1.807) is 0 Å². The lowest BCUT2D eigenvalue weighted by Gasteiger charge is -2.33. The van der Waals surface area contributed by atoms with Gasteiger partial charge in [0.05, 0.1) is 0 Å². The Bertz CT molecular complexity index is 343. The van der Waals surface area contributed by atoms with Gasteiger partial charge in [-0.05, 0) is 12.5 Å². The molecular weight excluding hydrogens is 218 g/mol. The first kappa shape index (κ1) is 11.6. The van der Waals surface area contributed by atoms with Crippen molar-refractivity contribution in [3.63, 3.8) is 0 Å². The molecule has 1 aliphatic heterocycles. The second-order valence-electron chi connectivity index (χ2n) is 4.00. The van der Waals surface area contributed by atoms with E-state index in [9.17, 15) is 0 Å². The molecule has 2 heterocycles. The smallest absolute Gasteiger partial charge is 0.127 e. The Kier molecular flexibility index (Phi) is 3.93. The quantitative estimate of drug-likeness (QED) is 0.874. The van der Waals surface area contributed by atoms with Gasteiger partial charge in [0.2, 0.25) is 0 Å². The Labute approximate surface area is 102 Å². The highest BCUT2D eigenvalue weighted by molar-refractivity contribution is 8.00. The third kappa shape index (κ3) is 2.61. The number of nitrogens with one attached hydrogen (secondary N) is 1. The predicted octanol–water partition coefficient (Wildman–Crippen LogP) is 2.46. The van der Waals surface area contributed by atoms with Crippen LogP contribution < -0.4 is 10.2 Å². The van der Waals surface area contributed by atoms with E-state index in [-0.39, 0.29) is 0 Å². The Hall–Kier alpha value is -0.900. The molecule has 0 radical (unpaired) electrons. The van der Waals surface area contributed by atoms with Crippen molar-refractivity contribution in [1.82, 2.24) is 4.98 Å². The lowest BCUT2D eigenvalue weighted by Crippen LogP contribution is -2.37. The SMILES string of the molecule is CCC1CN(c2ccnc(NC)c2)CCS1. The zero-order valence-corrected chi connectivity index (χ0v) is 10.8. The van der Waals surface area contributed by atoms with Crippen LogP contribution in [0.2, 0.25) is 0 Å². The van der Waals surface area contributed by atoms with Crippen molar-refractivity contribution in [2.45, 2.75) is 18.6 Å². The first-order valence-electron chi connectivity index (χ1n) is 5.84. The molecule has 4 heteroatoms. The fourth-order valence-electron chi connectivity index (χ4n) is 1.95. The molecule has 0 bridgehead atoms. The van der Waals surface area contributed by atoms with Crippen molar-refractivity contribution < 1.29 is 0 Å². The maximum atomic E-state index is 4.25. The van der Waals surface area contributed by atoms with Gasteiger partial charge in [-0.1, -0.05) is 6.92 Å². The molecule has 1 fully saturated rings. The molecule has 16 heavy (non-hydrogen) atoms. The number of hydrogen-bond donors (Lipinski definition) is 1. The first-order chi connectivity index (χ1) is 7.83. The highest BCUT2D eigenvalue weighted by atomic mass is 32.2. The lowest BCUT2D eigenvalue weighted by molar-refractivity contribution is 0.728. The van der Waals surface area contributed by atoms with Crippen molar-refractivity contribution in [3.05, 3.63) is 18.3 Å². The fraction of sp³-hybridized carbons (Fsp3) is 0.583. The summed E-state index contributed by atoms with van der Waals surface area (Å²) in [6, 6.07) is 4.23. The largest absolute Gasteiger partial charge is 0.373 e. The van der Waals surface area contributed by atoms with Crippen molar-refractivity contribution in [2.24, 2.45) is 0 Å².